The maximum Gasteiger partial charge on any atom is 1.00 e. The molecule has 0 atom stereocenters. The van der Waals surface area contributed by atoms with Gasteiger partial charge >= 0.3 is 58.4 Å². The summed E-state index contributed by atoms with van der Waals surface area (Å²) in [5, 5.41) is 2.36. The third-order valence-electron chi connectivity index (χ3n) is 1.90. The van der Waals surface area contributed by atoms with Gasteiger partial charge in [0, 0.05) is 5.56 Å². The predicted octanol–water partition coefficient (Wildman–Crippen LogP) is -1.89. The summed E-state index contributed by atoms with van der Waals surface area (Å²) in [6.07, 6.45) is 4.93. The fourth-order valence-corrected chi connectivity index (χ4v) is 1.09. The van der Waals surface area contributed by atoms with Gasteiger partial charge in [0.05, 0.1) is 6.54 Å². The summed E-state index contributed by atoms with van der Waals surface area (Å²) in [4.78, 5) is 11.3. The van der Waals surface area contributed by atoms with Crippen LogP contribution in [-0.2, 0) is 0 Å². The van der Waals surface area contributed by atoms with E-state index in [1.54, 1.807) is 0 Å². The maximum atomic E-state index is 12.3. The number of hydrogen-bond donors (Lipinski definition) is 1. The summed E-state index contributed by atoms with van der Waals surface area (Å²) in [7, 11) is 0. The van der Waals surface area contributed by atoms with Crippen molar-refractivity contribution in [3.05, 3.63) is 29.8 Å². The van der Waals surface area contributed by atoms with E-state index >= 15 is 0 Å². The van der Waals surface area contributed by atoms with Crippen LogP contribution in [0.15, 0.2) is 24.3 Å². The van der Waals surface area contributed by atoms with Gasteiger partial charge in [-0.25, -0.2) is 0 Å². The molecule has 2 nitrogen and oxygen atoms in total. The van der Waals surface area contributed by atoms with Crippen molar-refractivity contribution in [3.63, 3.8) is 0 Å². The molecule has 1 amide bonds. The molecule has 0 saturated heterocycles. The molecular formula is C10H8BF3KNO. The SMILES string of the molecule is C#CCNC(=O)c1ccc([B-](F)(F)F)cc1.[K+]. The van der Waals surface area contributed by atoms with E-state index in [0.717, 1.165) is 24.3 Å². The quantitative estimate of drug-likeness (QED) is 0.502. The average Bonchev–Trinajstić information content (AvgIpc) is 2.25. The van der Waals surface area contributed by atoms with Gasteiger partial charge < -0.3 is 18.3 Å². The molecular weight excluding hydrogens is 257 g/mol. The van der Waals surface area contributed by atoms with E-state index in [0.29, 0.717) is 0 Å². The Morgan fingerprint density at radius 1 is 1.29 bits per heavy atom. The zero-order valence-corrected chi connectivity index (χ0v) is 12.3. The van der Waals surface area contributed by atoms with Crippen LogP contribution in [-0.4, -0.2) is 19.4 Å². The van der Waals surface area contributed by atoms with Crippen LogP contribution in [0.4, 0.5) is 12.9 Å². The van der Waals surface area contributed by atoms with Crippen LogP contribution in [0.3, 0.4) is 0 Å². The minimum absolute atomic E-state index is 0. The molecule has 0 spiro atoms. The van der Waals surface area contributed by atoms with Gasteiger partial charge in [-0.05, 0) is 0 Å². The number of benzene rings is 1. The number of carbonyl (C=O) groups is 1. The number of terminal acetylenes is 1. The van der Waals surface area contributed by atoms with Gasteiger partial charge in [0.1, 0.15) is 0 Å². The van der Waals surface area contributed by atoms with E-state index in [1.807, 2.05) is 0 Å². The molecule has 17 heavy (non-hydrogen) atoms. The van der Waals surface area contributed by atoms with Crippen molar-refractivity contribution in [3.8, 4) is 12.3 Å². The van der Waals surface area contributed by atoms with Crippen LogP contribution >= 0.6 is 0 Å². The Labute approximate surface area is 140 Å². The Kier molecular flexibility index (Phi) is 7.13. The van der Waals surface area contributed by atoms with E-state index in [-0.39, 0.29) is 63.5 Å². The summed E-state index contributed by atoms with van der Waals surface area (Å²) in [5.74, 6) is 1.71. The third kappa shape index (κ3) is 5.27. The second-order valence-electron chi connectivity index (χ2n) is 3.08. The molecule has 1 N–H and O–H groups in total. The first-order valence-electron chi connectivity index (χ1n) is 4.46. The van der Waals surface area contributed by atoms with Gasteiger partial charge in [-0.3, -0.25) is 4.79 Å². The summed E-state index contributed by atoms with van der Waals surface area (Å²) in [6, 6.07) is 4.00. The number of amides is 1. The normalized spacial score (nSPS) is 10.0. The molecule has 0 unspecified atom stereocenters. The summed E-state index contributed by atoms with van der Waals surface area (Å²) in [5.41, 5.74) is -0.576. The number of nitrogens with one attached hydrogen (secondary N) is 1. The zero-order valence-electron chi connectivity index (χ0n) is 9.21. The molecule has 0 radical (unpaired) electrons. The van der Waals surface area contributed by atoms with E-state index in [1.165, 1.54) is 0 Å². The minimum Gasteiger partial charge on any atom is -0.445 e. The van der Waals surface area contributed by atoms with E-state index in [4.69, 9.17) is 6.42 Å². The molecule has 0 aliphatic heterocycles. The van der Waals surface area contributed by atoms with Crippen LogP contribution in [0.1, 0.15) is 10.4 Å². The molecule has 7 heteroatoms. The van der Waals surface area contributed by atoms with Crippen LogP contribution in [0.5, 0.6) is 0 Å². The van der Waals surface area contributed by atoms with Crippen molar-refractivity contribution < 1.29 is 69.1 Å². The maximum absolute atomic E-state index is 12.3. The Morgan fingerprint density at radius 3 is 2.24 bits per heavy atom. The molecule has 0 aromatic heterocycles. The van der Waals surface area contributed by atoms with Crippen LogP contribution in [0.2, 0.25) is 0 Å². The molecule has 1 rings (SSSR count). The molecule has 0 fully saturated rings. The molecule has 84 valence electrons. The Hall–Kier alpha value is -0.259. The van der Waals surface area contributed by atoms with Crippen molar-refractivity contribution >= 4 is 18.3 Å². The van der Waals surface area contributed by atoms with Crippen LogP contribution in [0, 0.1) is 12.3 Å². The van der Waals surface area contributed by atoms with Crippen molar-refractivity contribution in [2.24, 2.45) is 0 Å². The summed E-state index contributed by atoms with van der Waals surface area (Å²) >= 11 is 0. The second-order valence-corrected chi connectivity index (χ2v) is 3.08. The topological polar surface area (TPSA) is 29.1 Å². The molecule has 0 aliphatic rings. The van der Waals surface area contributed by atoms with Crippen molar-refractivity contribution in [1.29, 1.82) is 0 Å². The standard InChI is InChI=1S/C10H8BF3NO.K/c1-2-7-15-10(16)8-3-5-9(6-4-8)11(12,13)14;/h1,3-6H,7H2,(H,15,16);/q-1;+1. The van der Waals surface area contributed by atoms with E-state index < -0.39 is 18.3 Å². The first-order valence-corrected chi connectivity index (χ1v) is 4.46. The Balaban J connectivity index is 0.00000256. The smallest absolute Gasteiger partial charge is 0.445 e. The van der Waals surface area contributed by atoms with Crippen LogP contribution in [0.25, 0.3) is 0 Å². The monoisotopic (exact) mass is 265 g/mol. The third-order valence-corrected chi connectivity index (χ3v) is 1.90. The van der Waals surface area contributed by atoms with Gasteiger partial charge in [0.2, 0.25) is 0 Å². The molecule has 1 aromatic carbocycles. The summed E-state index contributed by atoms with van der Waals surface area (Å²) < 4.78 is 36.8. The van der Waals surface area contributed by atoms with Gasteiger partial charge in [0.25, 0.3) is 5.91 Å². The Bertz CT molecular complexity index is 425. The first kappa shape index (κ1) is 16.7. The van der Waals surface area contributed by atoms with Crippen molar-refractivity contribution in [1.82, 2.24) is 5.32 Å². The first-order chi connectivity index (χ1) is 7.45. The minimum atomic E-state index is -5.02. The zero-order chi connectivity index (χ0) is 12.2. The van der Waals surface area contributed by atoms with E-state index in [9.17, 15) is 17.7 Å². The fourth-order valence-electron chi connectivity index (χ4n) is 1.09. The van der Waals surface area contributed by atoms with Crippen molar-refractivity contribution in [2.75, 3.05) is 6.54 Å². The largest absolute Gasteiger partial charge is 1.00 e. The molecule has 0 aliphatic carbocycles. The summed E-state index contributed by atoms with van der Waals surface area (Å²) in [6.45, 7) is -4.97. The van der Waals surface area contributed by atoms with E-state index in [2.05, 4.69) is 11.2 Å². The second kappa shape index (κ2) is 7.24. The molecule has 1 aromatic rings. The van der Waals surface area contributed by atoms with Crippen molar-refractivity contribution in [2.45, 2.75) is 0 Å². The molecule has 0 saturated carbocycles. The molecule has 0 bridgehead atoms. The average molecular weight is 265 g/mol. The van der Waals surface area contributed by atoms with Gasteiger partial charge in [-0.1, -0.05) is 30.2 Å². The van der Waals surface area contributed by atoms with Crippen LogP contribution < -0.4 is 62.2 Å². The molecule has 0 heterocycles. The number of carbonyl (C=O) groups excluding carboxylic acids is 1. The number of rotatable bonds is 3. The van der Waals surface area contributed by atoms with Gasteiger partial charge in [-0.15, -0.1) is 11.9 Å². The van der Waals surface area contributed by atoms with Gasteiger partial charge in [0.15, 0.2) is 0 Å². The van der Waals surface area contributed by atoms with Gasteiger partial charge in [-0.2, -0.15) is 0 Å². The predicted molar refractivity (Wildman–Crippen MR) is 56.3 cm³/mol. The fraction of sp³-hybridized carbons (Fsp3) is 0.100. The Morgan fingerprint density at radius 2 is 1.82 bits per heavy atom. The number of hydrogen-bond acceptors (Lipinski definition) is 1. The number of halogens is 3.